The average molecular weight is 284 g/mol. The molecule has 3 rings (SSSR count). The third-order valence-electron chi connectivity index (χ3n) is 3.80. The molecule has 2 aromatic rings. The van der Waals surface area contributed by atoms with Crippen molar-refractivity contribution < 1.29 is 15.0 Å². The van der Waals surface area contributed by atoms with Gasteiger partial charge in [0.1, 0.15) is 0 Å². The van der Waals surface area contributed by atoms with Gasteiger partial charge in [0.2, 0.25) is 0 Å². The topological polar surface area (TPSA) is 95.6 Å². The predicted molar refractivity (Wildman–Crippen MR) is 78.9 cm³/mol. The van der Waals surface area contributed by atoms with E-state index in [1.165, 1.54) is 12.1 Å². The molecule has 1 aliphatic rings. The minimum absolute atomic E-state index is 0.103. The van der Waals surface area contributed by atoms with E-state index in [0.717, 1.165) is 11.1 Å². The number of nitrogen functional groups attached to an aromatic ring is 1. The van der Waals surface area contributed by atoms with Crippen LogP contribution in [-0.2, 0) is 6.42 Å². The number of nitrogens with two attached hydrogens (primary N) is 1. The van der Waals surface area contributed by atoms with Crippen LogP contribution in [0.25, 0.3) is 0 Å². The number of phenolic OH excluding ortho intramolecular Hbond substituents is 1. The first-order valence-corrected chi connectivity index (χ1v) is 6.72. The molecule has 5 nitrogen and oxygen atoms in total. The van der Waals surface area contributed by atoms with Crippen molar-refractivity contribution in [2.75, 3.05) is 5.73 Å². The lowest BCUT2D eigenvalue weighted by Gasteiger charge is -2.18. The molecule has 0 spiro atoms. The Hall–Kier alpha value is -2.53. The molecule has 0 unspecified atom stereocenters. The van der Waals surface area contributed by atoms with Crippen molar-refractivity contribution in [2.24, 2.45) is 0 Å². The van der Waals surface area contributed by atoms with Crippen molar-refractivity contribution in [1.29, 1.82) is 0 Å². The van der Waals surface area contributed by atoms with E-state index in [0.29, 0.717) is 6.42 Å². The molecule has 108 valence electrons. The Morgan fingerprint density at radius 2 is 1.95 bits per heavy atom. The fourth-order valence-corrected chi connectivity index (χ4v) is 2.71. The van der Waals surface area contributed by atoms with Crippen molar-refractivity contribution in [3.8, 4) is 5.75 Å². The monoisotopic (exact) mass is 284 g/mol. The highest BCUT2D eigenvalue weighted by molar-refractivity contribution is 5.98. The van der Waals surface area contributed by atoms with Crippen LogP contribution in [0.4, 0.5) is 5.69 Å². The Labute approximate surface area is 122 Å². The molecule has 0 aliphatic heterocycles. The summed E-state index contributed by atoms with van der Waals surface area (Å²) in [4.78, 5) is 12.3. The number of para-hydroxylation sites is 1. The summed E-state index contributed by atoms with van der Waals surface area (Å²) in [5.74, 6) is -0.698. The highest BCUT2D eigenvalue weighted by Gasteiger charge is 2.32. The van der Waals surface area contributed by atoms with E-state index < -0.39 is 18.1 Å². The molecule has 0 aromatic heterocycles. The largest absolute Gasteiger partial charge is 0.505 e. The van der Waals surface area contributed by atoms with Gasteiger partial charge in [0, 0.05) is 6.42 Å². The summed E-state index contributed by atoms with van der Waals surface area (Å²) in [7, 11) is 0. The summed E-state index contributed by atoms with van der Waals surface area (Å²) in [6, 6.07) is 11.7. The van der Waals surface area contributed by atoms with Gasteiger partial charge in [0.05, 0.1) is 23.4 Å². The predicted octanol–water partition coefficient (Wildman–Crippen LogP) is 1.36. The van der Waals surface area contributed by atoms with Crippen LogP contribution >= 0.6 is 0 Å². The lowest BCUT2D eigenvalue weighted by molar-refractivity contribution is 0.0855. The first-order chi connectivity index (χ1) is 10.1. The van der Waals surface area contributed by atoms with E-state index in [9.17, 15) is 15.0 Å². The highest BCUT2D eigenvalue weighted by atomic mass is 16.3. The fraction of sp³-hybridized carbons (Fsp3) is 0.188. The number of hydrogen-bond donors (Lipinski definition) is 4. The van der Waals surface area contributed by atoms with Gasteiger partial charge in [0.15, 0.2) is 5.75 Å². The molecule has 21 heavy (non-hydrogen) atoms. The molecule has 0 fully saturated rings. The number of benzene rings is 2. The number of carbonyl (C=O) groups excluding carboxylic acids is 1. The second-order valence-electron chi connectivity index (χ2n) is 5.16. The van der Waals surface area contributed by atoms with E-state index >= 15 is 0 Å². The van der Waals surface area contributed by atoms with Gasteiger partial charge in [-0.05, 0) is 23.3 Å². The van der Waals surface area contributed by atoms with Gasteiger partial charge in [-0.1, -0.05) is 30.3 Å². The molecule has 2 aromatic carbocycles. The van der Waals surface area contributed by atoms with Crippen LogP contribution < -0.4 is 11.1 Å². The maximum Gasteiger partial charge on any atom is 0.255 e. The highest BCUT2D eigenvalue weighted by Crippen LogP contribution is 2.32. The molecule has 5 N–H and O–H groups in total. The van der Waals surface area contributed by atoms with Gasteiger partial charge in [-0.3, -0.25) is 4.79 Å². The van der Waals surface area contributed by atoms with Gasteiger partial charge in [-0.2, -0.15) is 0 Å². The number of aliphatic hydroxyl groups excluding tert-OH is 1. The standard InChI is InChI=1S/C16H16N2O3/c17-12-7-3-6-11(15(12)20)16(21)18-14-10-5-2-1-4-9(10)8-13(14)19/h1-7,13-14,19-20H,8,17H2,(H,18,21)/t13-,14+/m0/s1. The number of hydrogen-bond acceptors (Lipinski definition) is 4. The molecule has 1 amide bonds. The summed E-state index contributed by atoms with van der Waals surface area (Å²) < 4.78 is 0. The zero-order valence-corrected chi connectivity index (χ0v) is 11.3. The average Bonchev–Trinajstić information content (AvgIpc) is 2.78. The first kappa shape index (κ1) is 13.5. The zero-order chi connectivity index (χ0) is 15.0. The second kappa shape index (κ2) is 5.10. The number of anilines is 1. The van der Waals surface area contributed by atoms with Crippen LogP contribution in [0.5, 0.6) is 5.75 Å². The summed E-state index contributed by atoms with van der Waals surface area (Å²) in [5, 5.41) is 22.7. The Balaban J connectivity index is 1.87. The molecule has 0 bridgehead atoms. The molecular formula is C16H16N2O3. The van der Waals surface area contributed by atoms with Crippen molar-refractivity contribution in [1.82, 2.24) is 5.32 Å². The van der Waals surface area contributed by atoms with E-state index in [1.54, 1.807) is 6.07 Å². The number of fused-ring (bicyclic) bond motifs is 1. The maximum atomic E-state index is 12.3. The number of aliphatic hydroxyl groups is 1. The van der Waals surface area contributed by atoms with Crippen LogP contribution in [-0.4, -0.2) is 22.2 Å². The van der Waals surface area contributed by atoms with E-state index in [-0.39, 0.29) is 17.0 Å². The normalized spacial score (nSPS) is 20.0. The lowest BCUT2D eigenvalue weighted by atomic mass is 10.1. The first-order valence-electron chi connectivity index (χ1n) is 6.72. The quantitative estimate of drug-likeness (QED) is 0.494. The number of nitrogens with one attached hydrogen (secondary N) is 1. The molecule has 1 aliphatic carbocycles. The Morgan fingerprint density at radius 1 is 1.19 bits per heavy atom. The SMILES string of the molecule is Nc1cccc(C(=O)N[C@@H]2c3ccccc3C[C@@H]2O)c1O. The summed E-state index contributed by atoms with van der Waals surface area (Å²) in [6.45, 7) is 0. The van der Waals surface area contributed by atoms with Crippen molar-refractivity contribution >= 4 is 11.6 Å². The van der Waals surface area contributed by atoms with Crippen LogP contribution in [0.15, 0.2) is 42.5 Å². The smallest absolute Gasteiger partial charge is 0.255 e. The van der Waals surface area contributed by atoms with Gasteiger partial charge in [0.25, 0.3) is 5.91 Å². The Kier molecular flexibility index (Phi) is 3.27. The maximum absolute atomic E-state index is 12.3. The minimum atomic E-state index is -0.672. The van der Waals surface area contributed by atoms with Crippen LogP contribution in [0.2, 0.25) is 0 Å². The third-order valence-corrected chi connectivity index (χ3v) is 3.80. The van der Waals surface area contributed by atoms with E-state index in [4.69, 9.17) is 5.73 Å². The Bertz CT molecular complexity index is 700. The van der Waals surface area contributed by atoms with Gasteiger partial charge in [-0.25, -0.2) is 0 Å². The molecule has 0 radical (unpaired) electrons. The number of phenols is 1. The van der Waals surface area contributed by atoms with Crippen LogP contribution in [0.1, 0.15) is 27.5 Å². The number of carbonyl (C=O) groups is 1. The van der Waals surface area contributed by atoms with Crippen LogP contribution in [0, 0.1) is 0 Å². The molecule has 0 heterocycles. The van der Waals surface area contributed by atoms with E-state index in [1.807, 2.05) is 24.3 Å². The van der Waals surface area contributed by atoms with Gasteiger partial charge < -0.3 is 21.3 Å². The molecule has 5 heteroatoms. The van der Waals surface area contributed by atoms with Crippen molar-refractivity contribution in [3.63, 3.8) is 0 Å². The zero-order valence-electron chi connectivity index (χ0n) is 11.3. The summed E-state index contributed by atoms with van der Waals surface area (Å²) in [5.41, 5.74) is 7.77. The molecular weight excluding hydrogens is 268 g/mol. The van der Waals surface area contributed by atoms with E-state index in [2.05, 4.69) is 5.32 Å². The van der Waals surface area contributed by atoms with Crippen molar-refractivity contribution in [2.45, 2.75) is 18.6 Å². The second-order valence-corrected chi connectivity index (χ2v) is 5.16. The number of aromatic hydroxyl groups is 1. The lowest BCUT2D eigenvalue weighted by Crippen LogP contribution is -2.33. The molecule has 0 saturated heterocycles. The molecule has 2 atom stereocenters. The van der Waals surface area contributed by atoms with Gasteiger partial charge >= 0.3 is 0 Å². The number of amides is 1. The minimum Gasteiger partial charge on any atom is -0.505 e. The van der Waals surface area contributed by atoms with Crippen molar-refractivity contribution in [3.05, 3.63) is 59.2 Å². The summed E-state index contributed by atoms with van der Waals surface area (Å²) in [6.07, 6.45) is -0.168. The molecule has 0 saturated carbocycles. The van der Waals surface area contributed by atoms with Crippen LogP contribution in [0.3, 0.4) is 0 Å². The summed E-state index contributed by atoms with van der Waals surface area (Å²) >= 11 is 0. The third kappa shape index (κ3) is 2.32. The van der Waals surface area contributed by atoms with Gasteiger partial charge in [-0.15, -0.1) is 0 Å². The Morgan fingerprint density at radius 3 is 2.76 bits per heavy atom. The number of rotatable bonds is 2. The fourth-order valence-electron chi connectivity index (χ4n) is 2.71.